The lowest BCUT2D eigenvalue weighted by Crippen LogP contribution is -2.50. The van der Waals surface area contributed by atoms with Crippen LogP contribution in [0.4, 0.5) is 9.59 Å². The number of fused-ring (bicyclic) bond motifs is 1. The zero-order valence-corrected chi connectivity index (χ0v) is 9.74. The Morgan fingerprint density at radius 2 is 2.06 bits per heavy atom. The molecule has 2 fully saturated rings. The quantitative estimate of drug-likeness (QED) is 0.378. The molecule has 9 heteroatoms. The largest absolute Gasteiger partial charge is 0.321 e. The summed E-state index contributed by atoms with van der Waals surface area (Å²) in [6, 6.07) is -0.793. The molecule has 5 N–H and O–H groups in total. The molecular weight excluding hydrogens is 240 g/mol. The number of urea groups is 2. The van der Waals surface area contributed by atoms with Gasteiger partial charge < -0.3 is 21.4 Å². The maximum Gasteiger partial charge on any atom is 0.321 e. The van der Waals surface area contributed by atoms with Crippen LogP contribution in [0.5, 0.6) is 0 Å². The van der Waals surface area contributed by atoms with Crippen molar-refractivity contribution in [3.8, 4) is 0 Å². The van der Waals surface area contributed by atoms with Gasteiger partial charge in [0.25, 0.3) is 5.91 Å². The van der Waals surface area contributed by atoms with Crippen LogP contribution >= 0.6 is 0 Å². The zero-order chi connectivity index (χ0) is 13.3. The second-order valence-corrected chi connectivity index (χ2v) is 4.07. The number of hydrazine groups is 1. The normalized spacial score (nSPS) is 24.8. The van der Waals surface area contributed by atoms with Crippen LogP contribution in [0.25, 0.3) is 0 Å². The second-order valence-electron chi connectivity index (χ2n) is 4.07. The third-order valence-electron chi connectivity index (χ3n) is 2.49. The molecule has 0 aromatic carbocycles. The topological polar surface area (TPSA) is 115 Å². The lowest BCUT2D eigenvalue weighted by Gasteiger charge is -2.20. The van der Waals surface area contributed by atoms with Crippen LogP contribution in [0, 0.1) is 0 Å². The van der Waals surface area contributed by atoms with Crippen LogP contribution in [0.15, 0.2) is 12.3 Å². The number of carbonyl (C=O) groups excluding carboxylic acids is 3. The van der Waals surface area contributed by atoms with Gasteiger partial charge in [-0.25, -0.2) is 9.59 Å². The number of nitrogens with zero attached hydrogens (tertiary/aromatic N) is 1. The van der Waals surface area contributed by atoms with Gasteiger partial charge in [0.1, 0.15) is 18.9 Å². The fraction of sp³-hybridized carbons (Fsp3) is 0.444. The van der Waals surface area contributed by atoms with Gasteiger partial charge in [-0.2, -0.15) is 0 Å². The Hall–Kier alpha value is -2.45. The average Bonchev–Trinajstić information content (AvgIpc) is 2.74. The minimum absolute atomic E-state index is 0.171. The number of nitrogens with one attached hydrogen (secondary N) is 5. The zero-order valence-electron chi connectivity index (χ0n) is 9.74. The Balaban J connectivity index is 1.92. The molecule has 2 saturated heterocycles. The van der Waals surface area contributed by atoms with Crippen molar-refractivity contribution in [3.05, 3.63) is 12.3 Å². The molecule has 9 nitrogen and oxygen atoms in total. The van der Waals surface area contributed by atoms with Gasteiger partial charge >= 0.3 is 12.1 Å². The van der Waals surface area contributed by atoms with E-state index in [1.807, 2.05) is 0 Å². The summed E-state index contributed by atoms with van der Waals surface area (Å²) in [7, 11) is 0. The molecule has 2 aliphatic heterocycles. The molecule has 0 bridgehead atoms. The number of amides is 5. The van der Waals surface area contributed by atoms with E-state index in [2.05, 4.69) is 33.4 Å². The second kappa shape index (κ2) is 4.43. The first-order chi connectivity index (χ1) is 8.47. The Morgan fingerprint density at radius 1 is 1.33 bits per heavy atom. The summed E-state index contributed by atoms with van der Waals surface area (Å²) in [6.45, 7) is 5.06. The average molecular weight is 254 g/mol. The predicted molar refractivity (Wildman–Crippen MR) is 60.6 cm³/mol. The Labute approximate surface area is 103 Å². The molecule has 98 valence electrons. The summed E-state index contributed by atoms with van der Waals surface area (Å²) >= 11 is 0. The van der Waals surface area contributed by atoms with Crippen molar-refractivity contribution >= 4 is 18.0 Å². The summed E-state index contributed by atoms with van der Waals surface area (Å²) in [5, 5.41) is 7.60. The molecule has 0 radical (unpaired) electrons. The number of allylic oxidation sites excluding steroid dienone is 1. The molecule has 0 saturated carbocycles. The minimum atomic E-state index is -0.555. The van der Waals surface area contributed by atoms with Crippen LogP contribution in [0.1, 0.15) is 6.92 Å². The first-order valence-corrected chi connectivity index (χ1v) is 5.32. The highest BCUT2D eigenvalue weighted by molar-refractivity contribution is 5.88. The Kier molecular flexibility index (Phi) is 2.96. The number of hydrogen-bond acceptors (Lipinski definition) is 4. The Morgan fingerprint density at radius 3 is 2.72 bits per heavy atom. The van der Waals surface area contributed by atoms with Gasteiger partial charge in [-0.05, 0) is 6.92 Å². The first-order valence-electron chi connectivity index (χ1n) is 5.32. The van der Waals surface area contributed by atoms with Crippen molar-refractivity contribution in [2.24, 2.45) is 0 Å². The van der Waals surface area contributed by atoms with E-state index in [1.165, 1.54) is 4.90 Å². The molecule has 5 amide bonds. The van der Waals surface area contributed by atoms with E-state index >= 15 is 0 Å². The van der Waals surface area contributed by atoms with E-state index in [4.69, 9.17) is 0 Å². The van der Waals surface area contributed by atoms with Gasteiger partial charge in [-0.15, -0.1) is 0 Å². The maximum atomic E-state index is 11.6. The number of hydrogen-bond donors (Lipinski definition) is 5. The number of rotatable bonds is 4. The standard InChI is InChI=1S/C9H14N6O3/c1-4(2)13-14-5(16)3-15-7-6(11-9(15)18)10-8(17)12-7/h6-7,13H,1,3H2,2H3,(H,11,18)(H,14,16)(H2,10,12,17). The van der Waals surface area contributed by atoms with Crippen molar-refractivity contribution in [2.45, 2.75) is 19.3 Å². The van der Waals surface area contributed by atoms with Crippen molar-refractivity contribution < 1.29 is 14.4 Å². The molecular formula is C9H14N6O3. The SMILES string of the molecule is C=C(C)NNC(=O)CN1C(=O)NC2NC(=O)NC21. The fourth-order valence-electron chi connectivity index (χ4n) is 1.74. The highest BCUT2D eigenvalue weighted by Gasteiger charge is 2.45. The fourth-order valence-corrected chi connectivity index (χ4v) is 1.74. The first kappa shape index (κ1) is 12.0. The molecule has 0 aromatic rings. The summed E-state index contributed by atoms with van der Waals surface area (Å²) < 4.78 is 0. The maximum absolute atomic E-state index is 11.6. The van der Waals surface area contributed by atoms with E-state index in [0.717, 1.165) is 0 Å². The van der Waals surface area contributed by atoms with Crippen LogP contribution in [-0.2, 0) is 4.79 Å². The van der Waals surface area contributed by atoms with Crippen LogP contribution in [-0.4, -0.2) is 41.7 Å². The summed E-state index contributed by atoms with van der Waals surface area (Å²) in [4.78, 5) is 35.4. The smallest absolute Gasteiger partial charge is 0.314 e. The van der Waals surface area contributed by atoms with Crippen molar-refractivity contribution in [1.82, 2.24) is 31.7 Å². The molecule has 0 aromatic heterocycles. The molecule has 18 heavy (non-hydrogen) atoms. The van der Waals surface area contributed by atoms with E-state index in [0.29, 0.717) is 5.70 Å². The number of carbonyl (C=O) groups is 3. The molecule has 2 unspecified atom stereocenters. The Bertz CT molecular complexity index is 423. The highest BCUT2D eigenvalue weighted by atomic mass is 16.2. The summed E-state index contributed by atoms with van der Waals surface area (Å²) in [6.07, 6.45) is -1.06. The third kappa shape index (κ3) is 2.29. The highest BCUT2D eigenvalue weighted by Crippen LogP contribution is 2.12. The molecule has 2 heterocycles. The minimum Gasteiger partial charge on any atom is -0.314 e. The van der Waals surface area contributed by atoms with E-state index in [-0.39, 0.29) is 12.6 Å². The molecule has 2 rings (SSSR count). The van der Waals surface area contributed by atoms with Gasteiger partial charge in [0.2, 0.25) is 0 Å². The van der Waals surface area contributed by atoms with Crippen molar-refractivity contribution in [1.29, 1.82) is 0 Å². The van der Waals surface area contributed by atoms with Gasteiger partial charge in [0.15, 0.2) is 0 Å². The van der Waals surface area contributed by atoms with Gasteiger partial charge in [0, 0.05) is 5.70 Å². The summed E-state index contributed by atoms with van der Waals surface area (Å²) in [5.41, 5.74) is 5.50. The van der Waals surface area contributed by atoms with E-state index < -0.39 is 24.3 Å². The van der Waals surface area contributed by atoms with Crippen LogP contribution in [0.3, 0.4) is 0 Å². The van der Waals surface area contributed by atoms with E-state index in [1.54, 1.807) is 6.92 Å². The molecule has 2 atom stereocenters. The van der Waals surface area contributed by atoms with Gasteiger partial charge in [0.05, 0.1) is 0 Å². The third-order valence-corrected chi connectivity index (χ3v) is 2.49. The van der Waals surface area contributed by atoms with Gasteiger partial charge in [-0.1, -0.05) is 6.58 Å². The van der Waals surface area contributed by atoms with Crippen molar-refractivity contribution in [3.63, 3.8) is 0 Å². The summed E-state index contributed by atoms with van der Waals surface area (Å²) in [5.74, 6) is -0.407. The lowest BCUT2D eigenvalue weighted by molar-refractivity contribution is -0.122. The monoisotopic (exact) mass is 254 g/mol. The van der Waals surface area contributed by atoms with Crippen LogP contribution < -0.4 is 26.8 Å². The lowest BCUT2D eigenvalue weighted by atomic mass is 10.4. The predicted octanol–water partition coefficient (Wildman–Crippen LogP) is -1.87. The van der Waals surface area contributed by atoms with E-state index in [9.17, 15) is 14.4 Å². The van der Waals surface area contributed by atoms with Crippen molar-refractivity contribution in [2.75, 3.05) is 6.54 Å². The molecule has 0 aliphatic carbocycles. The molecule has 2 aliphatic rings. The molecule has 0 spiro atoms. The van der Waals surface area contributed by atoms with Gasteiger partial charge in [-0.3, -0.25) is 15.1 Å². The van der Waals surface area contributed by atoms with Crippen LogP contribution in [0.2, 0.25) is 0 Å².